The van der Waals surface area contributed by atoms with Crippen LogP contribution < -0.4 is 4.74 Å². The number of methoxy groups -OCH3 is 1. The Balaban J connectivity index is 2.34. The summed E-state index contributed by atoms with van der Waals surface area (Å²) in [5.74, 6) is 1.47. The average Bonchev–Trinajstić information content (AvgIpc) is 2.53. The first-order valence-corrected chi connectivity index (χ1v) is 6.12. The predicted molar refractivity (Wildman–Crippen MR) is 68.8 cm³/mol. The van der Waals surface area contributed by atoms with Crippen molar-refractivity contribution in [2.24, 2.45) is 5.41 Å². The van der Waals surface area contributed by atoms with Crippen LogP contribution in [0.5, 0.6) is 5.75 Å². The molecule has 0 N–H and O–H groups in total. The van der Waals surface area contributed by atoms with Crippen molar-refractivity contribution in [3.05, 3.63) is 29.3 Å². The van der Waals surface area contributed by atoms with Crippen molar-refractivity contribution < 1.29 is 9.53 Å². The Morgan fingerprint density at radius 2 is 2.06 bits per heavy atom. The molecule has 1 aliphatic rings. The van der Waals surface area contributed by atoms with Gasteiger partial charge in [0, 0.05) is 12.0 Å². The van der Waals surface area contributed by atoms with Gasteiger partial charge in [-0.05, 0) is 41.5 Å². The largest absolute Gasteiger partial charge is 0.497 e. The monoisotopic (exact) mass is 232 g/mol. The number of fused-ring (bicyclic) bond motifs is 1. The highest BCUT2D eigenvalue weighted by atomic mass is 16.5. The van der Waals surface area contributed by atoms with Crippen LogP contribution in [0.3, 0.4) is 0 Å². The third-order valence-corrected chi connectivity index (χ3v) is 3.29. The highest BCUT2D eigenvalue weighted by Gasteiger charge is 2.32. The van der Waals surface area contributed by atoms with Crippen molar-refractivity contribution in [3.63, 3.8) is 0 Å². The molecular weight excluding hydrogens is 212 g/mol. The maximum atomic E-state index is 11.9. The minimum atomic E-state index is 0.246. The SMILES string of the molecule is COc1ccc2c(c1)C(CC(C)(C)C)CC2=O. The predicted octanol–water partition coefficient (Wildman–Crippen LogP) is 3.80. The summed E-state index contributed by atoms with van der Waals surface area (Å²) in [6.45, 7) is 6.65. The maximum Gasteiger partial charge on any atom is 0.163 e. The van der Waals surface area contributed by atoms with Crippen molar-refractivity contribution >= 4 is 5.78 Å². The number of hydrogen-bond acceptors (Lipinski definition) is 2. The molecule has 2 heteroatoms. The van der Waals surface area contributed by atoms with E-state index in [1.165, 1.54) is 5.56 Å². The molecule has 0 amide bonds. The van der Waals surface area contributed by atoms with E-state index in [2.05, 4.69) is 20.8 Å². The number of rotatable bonds is 2. The first-order chi connectivity index (χ1) is 7.90. The summed E-state index contributed by atoms with van der Waals surface area (Å²) >= 11 is 0. The van der Waals surface area contributed by atoms with Crippen LogP contribution in [0.4, 0.5) is 0 Å². The summed E-state index contributed by atoms with van der Waals surface area (Å²) in [6.07, 6.45) is 1.69. The Kier molecular flexibility index (Phi) is 2.98. The molecule has 0 saturated carbocycles. The third kappa shape index (κ3) is 2.51. The van der Waals surface area contributed by atoms with Crippen molar-refractivity contribution in [3.8, 4) is 5.75 Å². The van der Waals surface area contributed by atoms with Crippen LogP contribution in [0.2, 0.25) is 0 Å². The number of benzene rings is 1. The molecule has 17 heavy (non-hydrogen) atoms. The maximum absolute atomic E-state index is 11.9. The van der Waals surface area contributed by atoms with E-state index in [0.29, 0.717) is 12.3 Å². The number of Topliss-reactive ketones (excluding diaryl/α,β-unsaturated/α-hetero) is 1. The minimum absolute atomic E-state index is 0.246. The van der Waals surface area contributed by atoms with Gasteiger partial charge in [-0.2, -0.15) is 0 Å². The lowest BCUT2D eigenvalue weighted by atomic mass is 9.82. The van der Waals surface area contributed by atoms with E-state index in [4.69, 9.17) is 4.74 Å². The molecule has 0 spiro atoms. The second-order valence-electron chi connectivity index (χ2n) is 6.04. The molecule has 2 rings (SSSR count). The zero-order chi connectivity index (χ0) is 12.6. The summed E-state index contributed by atoms with van der Waals surface area (Å²) in [5, 5.41) is 0. The number of hydrogen-bond donors (Lipinski definition) is 0. The van der Waals surface area contributed by atoms with E-state index in [-0.39, 0.29) is 11.2 Å². The van der Waals surface area contributed by atoms with Crippen LogP contribution in [0.25, 0.3) is 0 Å². The molecular formula is C15H20O2. The van der Waals surface area contributed by atoms with E-state index in [1.54, 1.807) is 7.11 Å². The summed E-state index contributed by atoms with van der Waals surface area (Å²) < 4.78 is 5.24. The molecule has 0 saturated heterocycles. The van der Waals surface area contributed by atoms with Gasteiger partial charge in [0.05, 0.1) is 7.11 Å². The number of carbonyl (C=O) groups excluding carboxylic acids is 1. The molecule has 0 aliphatic heterocycles. The molecule has 1 aromatic rings. The minimum Gasteiger partial charge on any atom is -0.497 e. The van der Waals surface area contributed by atoms with Gasteiger partial charge in [-0.3, -0.25) is 4.79 Å². The first kappa shape index (κ1) is 12.2. The molecule has 0 heterocycles. The van der Waals surface area contributed by atoms with Crippen molar-refractivity contribution in [2.75, 3.05) is 7.11 Å². The van der Waals surface area contributed by atoms with Crippen LogP contribution in [0.1, 0.15) is 55.5 Å². The van der Waals surface area contributed by atoms with Gasteiger partial charge in [-0.15, -0.1) is 0 Å². The zero-order valence-electron chi connectivity index (χ0n) is 11.0. The molecule has 0 fully saturated rings. The van der Waals surface area contributed by atoms with Crippen LogP contribution in [-0.2, 0) is 0 Å². The van der Waals surface area contributed by atoms with Crippen molar-refractivity contribution in [1.29, 1.82) is 0 Å². The molecule has 1 aliphatic carbocycles. The Hall–Kier alpha value is -1.31. The van der Waals surface area contributed by atoms with E-state index < -0.39 is 0 Å². The Bertz CT molecular complexity index is 441. The summed E-state index contributed by atoms with van der Waals surface area (Å²) in [4.78, 5) is 11.9. The highest BCUT2D eigenvalue weighted by molar-refractivity contribution is 6.01. The molecule has 0 radical (unpaired) electrons. The second kappa shape index (κ2) is 4.17. The van der Waals surface area contributed by atoms with E-state index >= 15 is 0 Å². The van der Waals surface area contributed by atoms with Gasteiger partial charge in [0.15, 0.2) is 5.78 Å². The lowest BCUT2D eigenvalue weighted by Gasteiger charge is -2.23. The average molecular weight is 232 g/mol. The molecule has 0 bridgehead atoms. The zero-order valence-corrected chi connectivity index (χ0v) is 11.0. The molecule has 92 valence electrons. The number of ether oxygens (including phenoxy) is 1. The Morgan fingerprint density at radius 1 is 1.35 bits per heavy atom. The van der Waals surface area contributed by atoms with Crippen LogP contribution >= 0.6 is 0 Å². The lowest BCUT2D eigenvalue weighted by Crippen LogP contribution is -2.10. The quantitative estimate of drug-likeness (QED) is 0.775. The fourth-order valence-electron chi connectivity index (χ4n) is 2.62. The van der Waals surface area contributed by atoms with Gasteiger partial charge in [-0.1, -0.05) is 20.8 Å². The molecule has 1 aromatic carbocycles. The second-order valence-corrected chi connectivity index (χ2v) is 6.04. The van der Waals surface area contributed by atoms with Gasteiger partial charge in [-0.25, -0.2) is 0 Å². The Labute approximate surface area is 103 Å². The van der Waals surface area contributed by atoms with Crippen LogP contribution in [-0.4, -0.2) is 12.9 Å². The lowest BCUT2D eigenvalue weighted by molar-refractivity contribution is 0.0985. The number of ketones is 1. The van der Waals surface area contributed by atoms with Crippen LogP contribution in [0, 0.1) is 5.41 Å². The fourth-order valence-corrected chi connectivity index (χ4v) is 2.62. The van der Waals surface area contributed by atoms with Gasteiger partial charge in [0.1, 0.15) is 5.75 Å². The van der Waals surface area contributed by atoms with Gasteiger partial charge < -0.3 is 4.74 Å². The van der Waals surface area contributed by atoms with E-state index in [0.717, 1.165) is 17.7 Å². The van der Waals surface area contributed by atoms with Crippen molar-refractivity contribution in [1.82, 2.24) is 0 Å². The molecule has 1 unspecified atom stereocenters. The fraction of sp³-hybridized carbons (Fsp3) is 0.533. The van der Waals surface area contributed by atoms with Gasteiger partial charge >= 0.3 is 0 Å². The van der Waals surface area contributed by atoms with Crippen molar-refractivity contribution in [2.45, 2.75) is 39.5 Å². The molecule has 0 aromatic heterocycles. The van der Waals surface area contributed by atoms with Crippen LogP contribution in [0.15, 0.2) is 18.2 Å². The summed E-state index contributed by atoms with van der Waals surface area (Å²) in [6, 6.07) is 5.80. The molecule has 2 nitrogen and oxygen atoms in total. The first-order valence-electron chi connectivity index (χ1n) is 6.12. The normalized spacial score (nSPS) is 19.3. The number of carbonyl (C=O) groups is 1. The Morgan fingerprint density at radius 3 is 2.65 bits per heavy atom. The van der Waals surface area contributed by atoms with E-state index in [9.17, 15) is 4.79 Å². The topological polar surface area (TPSA) is 26.3 Å². The smallest absolute Gasteiger partial charge is 0.163 e. The van der Waals surface area contributed by atoms with Gasteiger partial charge in [0.2, 0.25) is 0 Å². The standard InChI is InChI=1S/C15H20O2/c1-15(2,3)9-10-7-14(16)12-6-5-11(17-4)8-13(10)12/h5-6,8,10H,7,9H2,1-4H3. The van der Waals surface area contributed by atoms with E-state index in [1.807, 2.05) is 18.2 Å². The van der Waals surface area contributed by atoms with Gasteiger partial charge in [0.25, 0.3) is 0 Å². The highest BCUT2D eigenvalue weighted by Crippen LogP contribution is 2.41. The summed E-state index contributed by atoms with van der Waals surface area (Å²) in [5.41, 5.74) is 2.31. The molecule has 1 atom stereocenters. The summed E-state index contributed by atoms with van der Waals surface area (Å²) in [7, 11) is 1.66. The third-order valence-electron chi connectivity index (χ3n) is 3.29.